The van der Waals surface area contributed by atoms with E-state index in [-0.39, 0.29) is 30.7 Å². The van der Waals surface area contributed by atoms with Crippen molar-refractivity contribution >= 4 is 11.9 Å². The molecule has 0 unspecified atom stereocenters. The Morgan fingerprint density at radius 3 is 2.64 bits per heavy atom. The molecule has 1 amide bonds. The van der Waals surface area contributed by atoms with Crippen LogP contribution in [0.5, 0.6) is 0 Å². The minimum absolute atomic E-state index is 0.0488. The molecule has 0 aliphatic carbocycles. The summed E-state index contributed by atoms with van der Waals surface area (Å²) in [6.07, 6.45) is 1.87. The fourth-order valence-corrected chi connectivity index (χ4v) is 2.58. The van der Waals surface area contributed by atoms with Crippen molar-refractivity contribution in [3.05, 3.63) is 35.6 Å². The van der Waals surface area contributed by atoms with E-state index in [1.807, 2.05) is 0 Å². The number of hydrogen-bond donors (Lipinski definition) is 2. The van der Waals surface area contributed by atoms with E-state index in [0.717, 1.165) is 19.4 Å². The number of carbonyl (C=O) groups excluding carboxylic acids is 1. The van der Waals surface area contributed by atoms with E-state index < -0.39 is 11.9 Å². The highest BCUT2D eigenvalue weighted by Crippen LogP contribution is 2.24. The SMILES string of the molecule is O=C(O)C[C@H](CC(=O)NC[C@@H]1CCCO1)c1ccc(F)cc1. The van der Waals surface area contributed by atoms with Crippen molar-refractivity contribution in [2.24, 2.45) is 0 Å². The third-order valence-corrected chi connectivity index (χ3v) is 3.75. The number of halogens is 1. The summed E-state index contributed by atoms with van der Waals surface area (Å²) >= 11 is 0. The quantitative estimate of drug-likeness (QED) is 0.808. The maximum absolute atomic E-state index is 13.0. The molecule has 22 heavy (non-hydrogen) atoms. The van der Waals surface area contributed by atoms with Gasteiger partial charge >= 0.3 is 5.97 Å². The van der Waals surface area contributed by atoms with Crippen LogP contribution in [0, 0.1) is 5.82 Å². The Morgan fingerprint density at radius 1 is 1.32 bits per heavy atom. The standard InChI is InChI=1S/C16H20FNO4/c17-13-5-3-11(4-6-13)12(9-16(20)21)8-15(19)18-10-14-2-1-7-22-14/h3-6,12,14H,1-2,7-10H2,(H,18,19)(H,20,21)/t12-,14-/m0/s1. The topological polar surface area (TPSA) is 75.6 Å². The van der Waals surface area contributed by atoms with Crippen molar-refractivity contribution in [1.82, 2.24) is 5.32 Å². The lowest BCUT2D eigenvalue weighted by atomic mass is 9.92. The summed E-state index contributed by atoms with van der Waals surface area (Å²) in [6, 6.07) is 5.59. The number of ether oxygens (including phenoxy) is 1. The average Bonchev–Trinajstić information content (AvgIpc) is 2.98. The molecule has 1 aliphatic rings. The van der Waals surface area contributed by atoms with Crippen LogP contribution in [-0.2, 0) is 14.3 Å². The van der Waals surface area contributed by atoms with Gasteiger partial charge in [0.2, 0.25) is 5.91 Å². The molecular formula is C16H20FNO4. The molecule has 0 radical (unpaired) electrons. The van der Waals surface area contributed by atoms with Crippen LogP contribution in [0.1, 0.15) is 37.2 Å². The third kappa shape index (κ3) is 5.11. The molecule has 1 saturated heterocycles. The second-order valence-electron chi connectivity index (χ2n) is 5.49. The maximum atomic E-state index is 13.0. The van der Waals surface area contributed by atoms with Crippen LogP contribution in [0.4, 0.5) is 4.39 Å². The Hall–Kier alpha value is -1.95. The molecule has 0 bridgehead atoms. The summed E-state index contributed by atoms with van der Waals surface area (Å²) in [5.41, 5.74) is 0.649. The van der Waals surface area contributed by atoms with Crippen molar-refractivity contribution in [3.63, 3.8) is 0 Å². The smallest absolute Gasteiger partial charge is 0.303 e. The van der Waals surface area contributed by atoms with Gasteiger partial charge in [-0.1, -0.05) is 12.1 Å². The van der Waals surface area contributed by atoms with Gasteiger partial charge in [-0.15, -0.1) is 0 Å². The first-order valence-electron chi connectivity index (χ1n) is 7.40. The Bertz CT molecular complexity index is 511. The van der Waals surface area contributed by atoms with E-state index in [4.69, 9.17) is 9.84 Å². The van der Waals surface area contributed by atoms with Crippen LogP contribution in [0.2, 0.25) is 0 Å². The van der Waals surface area contributed by atoms with Gasteiger partial charge < -0.3 is 15.2 Å². The fourth-order valence-electron chi connectivity index (χ4n) is 2.58. The summed E-state index contributed by atoms with van der Waals surface area (Å²) in [5, 5.41) is 11.8. The number of carboxylic acids is 1. The van der Waals surface area contributed by atoms with Gasteiger partial charge in [-0.25, -0.2) is 4.39 Å². The van der Waals surface area contributed by atoms with Gasteiger partial charge in [-0.3, -0.25) is 9.59 Å². The summed E-state index contributed by atoms with van der Waals surface area (Å²) in [4.78, 5) is 23.0. The van der Waals surface area contributed by atoms with Gasteiger partial charge in [-0.2, -0.15) is 0 Å². The Labute approximate surface area is 128 Å². The van der Waals surface area contributed by atoms with Crippen molar-refractivity contribution in [2.45, 2.75) is 37.7 Å². The van der Waals surface area contributed by atoms with E-state index in [9.17, 15) is 14.0 Å². The van der Waals surface area contributed by atoms with Gasteiger partial charge in [0.1, 0.15) is 5.82 Å². The largest absolute Gasteiger partial charge is 0.481 e. The first-order chi connectivity index (χ1) is 10.5. The predicted octanol–water partition coefficient (Wildman–Crippen LogP) is 2.07. The number of aliphatic carboxylic acids is 1. The lowest BCUT2D eigenvalue weighted by Gasteiger charge is -2.16. The molecule has 0 saturated carbocycles. The number of nitrogens with one attached hydrogen (secondary N) is 1. The second-order valence-corrected chi connectivity index (χ2v) is 5.49. The second kappa shape index (κ2) is 7.89. The maximum Gasteiger partial charge on any atom is 0.303 e. The van der Waals surface area contributed by atoms with Crippen LogP contribution in [0.15, 0.2) is 24.3 Å². The monoisotopic (exact) mass is 309 g/mol. The minimum Gasteiger partial charge on any atom is -0.481 e. The van der Waals surface area contributed by atoms with Crippen molar-refractivity contribution in [2.75, 3.05) is 13.2 Å². The Balaban J connectivity index is 1.91. The normalized spacial score (nSPS) is 18.9. The fraction of sp³-hybridized carbons (Fsp3) is 0.500. The van der Waals surface area contributed by atoms with Crippen LogP contribution in [0.25, 0.3) is 0 Å². The molecule has 120 valence electrons. The van der Waals surface area contributed by atoms with Crippen molar-refractivity contribution in [1.29, 1.82) is 0 Å². The van der Waals surface area contributed by atoms with Crippen LogP contribution in [0.3, 0.4) is 0 Å². The molecular weight excluding hydrogens is 289 g/mol. The van der Waals surface area contributed by atoms with Gasteiger partial charge in [0.05, 0.1) is 12.5 Å². The number of hydrogen-bond acceptors (Lipinski definition) is 3. The lowest BCUT2D eigenvalue weighted by Crippen LogP contribution is -2.32. The molecule has 1 aromatic carbocycles. The number of carbonyl (C=O) groups is 2. The zero-order valence-electron chi connectivity index (χ0n) is 12.3. The molecule has 1 aromatic rings. The van der Waals surface area contributed by atoms with E-state index in [2.05, 4.69) is 5.32 Å². The van der Waals surface area contributed by atoms with Crippen LogP contribution in [-0.4, -0.2) is 36.2 Å². The van der Waals surface area contributed by atoms with Gasteiger partial charge in [0.15, 0.2) is 0 Å². The van der Waals surface area contributed by atoms with E-state index in [1.165, 1.54) is 24.3 Å². The molecule has 2 N–H and O–H groups in total. The molecule has 0 aromatic heterocycles. The third-order valence-electron chi connectivity index (χ3n) is 3.75. The highest BCUT2D eigenvalue weighted by molar-refractivity contribution is 5.78. The number of benzene rings is 1. The zero-order valence-corrected chi connectivity index (χ0v) is 12.3. The van der Waals surface area contributed by atoms with Gasteiger partial charge in [-0.05, 0) is 30.5 Å². The van der Waals surface area contributed by atoms with E-state index >= 15 is 0 Å². The van der Waals surface area contributed by atoms with Crippen molar-refractivity contribution < 1.29 is 23.8 Å². The summed E-state index contributed by atoms with van der Waals surface area (Å²) in [6.45, 7) is 1.17. The molecule has 0 spiro atoms. The molecule has 1 aliphatic heterocycles. The molecule has 5 nitrogen and oxygen atoms in total. The summed E-state index contributed by atoms with van der Waals surface area (Å²) < 4.78 is 18.4. The molecule has 2 rings (SSSR count). The first kappa shape index (κ1) is 16.4. The Kier molecular flexibility index (Phi) is 5.89. The number of rotatable bonds is 7. The molecule has 2 atom stereocenters. The minimum atomic E-state index is -0.985. The van der Waals surface area contributed by atoms with Crippen LogP contribution < -0.4 is 5.32 Å². The molecule has 6 heteroatoms. The summed E-state index contributed by atoms with van der Waals surface area (Å²) in [7, 11) is 0. The van der Waals surface area contributed by atoms with Gasteiger partial charge in [0, 0.05) is 25.5 Å². The predicted molar refractivity (Wildman–Crippen MR) is 78.0 cm³/mol. The first-order valence-corrected chi connectivity index (χ1v) is 7.40. The Morgan fingerprint density at radius 2 is 2.05 bits per heavy atom. The molecule has 1 fully saturated rings. The number of amides is 1. The van der Waals surface area contributed by atoms with E-state index in [1.54, 1.807) is 0 Å². The highest BCUT2D eigenvalue weighted by atomic mass is 19.1. The van der Waals surface area contributed by atoms with Crippen molar-refractivity contribution in [3.8, 4) is 0 Å². The molecule has 1 heterocycles. The van der Waals surface area contributed by atoms with Gasteiger partial charge in [0.25, 0.3) is 0 Å². The average molecular weight is 309 g/mol. The number of carboxylic acid groups (broad SMARTS) is 1. The lowest BCUT2D eigenvalue weighted by molar-refractivity contribution is -0.137. The van der Waals surface area contributed by atoms with Crippen LogP contribution >= 0.6 is 0 Å². The zero-order chi connectivity index (χ0) is 15.9. The highest BCUT2D eigenvalue weighted by Gasteiger charge is 2.21. The summed E-state index contributed by atoms with van der Waals surface area (Å²) in [5.74, 6) is -2.06. The van der Waals surface area contributed by atoms with E-state index in [0.29, 0.717) is 12.1 Å².